The minimum absolute atomic E-state index is 0.0299. The Hall–Kier alpha value is -2.96. The molecule has 0 saturated heterocycles. The number of aldehydes is 1. The van der Waals surface area contributed by atoms with Crippen molar-refractivity contribution in [1.82, 2.24) is 0 Å². The van der Waals surface area contributed by atoms with Gasteiger partial charge in [-0.2, -0.15) is 0 Å². The van der Waals surface area contributed by atoms with Crippen molar-refractivity contribution >= 4 is 17.9 Å². The van der Waals surface area contributed by atoms with E-state index in [4.69, 9.17) is 9.15 Å². The quantitative estimate of drug-likeness (QED) is 0.363. The van der Waals surface area contributed by atoms with E-state index in [1.807, 2.05) is 0 Å². The molecule has 7 nitrogen and oxygen atoms in total. The van der Waals surface area contributed by atoms with Crippen LogP contribution in [0.5, 0.6) is 0 Å². The van der Waals surface area contributed by atoms with E-state index in [9.17, 15) is 19.7 Å². The van der Waals surface area contributed by atoms with Gasteiger partial charge in [0.05, 0.1) is 4.92 Å². The Balaban J connectivity index is 2.01. The van der Waals surface area contributed by atoms with Gasteiger partial charge in [-0.25, -0.2) is 4.79 Å². The maximum absolute atomic E-state index is 11.8. The van der Waals surface area contributed by atoms with Gasteiger partial charge in [0.1, 0.15) is 17.9 Å². The molecule has 1 heterocycles. The molecule has 0 amide bonds. The zero-order chi connectivity index (χ0) is 15.4. The standard InChI is InChI=1S/C14H11NO6/c1-9-13(6-12(7-16)21-9)14(17)20-8-10-2-4-11(5-3-10)15(18)19/h2-7H,8H2,1H3. The number of aryl methyl sites for hydroxylation is 1. The van der Waals surface area contributed by atoms with Crippen LogP contribution in [-0.4, -0.2) is 17.2 Å². The Morgan fingerprint density at radius 2 is 2.05 bits per heavy atom. The van der Waals surface area contributed by atoms with Crippen LogP contribution >= 0.6 is 0 Å². The predicted octanol–water partition coefficient (Wildman–Crippen LogP) is 2.67. The van der Waals surface area contributed by atoms with E-state index in [-0.39, 0.29) is 23.6 Å². The number of rotatable bonds is 5. The van der Waals surface area contributed by atoms with Crippen LogP contribution < -0.4 is 0 Å². The first-order valence-electron chi connectivity index (χ1n) is 5.97. The van der Waals surface area contributed by atoms with Crippen molar-refractivity contribution in [3.8, 4) is 0 Å². The average molecular weight is 289 g/mol. The normalized spacial score (nSPS) is 10.1. The van der Waals surface area contributed by atoms with Crippen LogP contribution in [-0.2, 0) is 11.3 Å². The number of nitro groups is 1. The maximum atomic E-state index is 11.8. The van der Waals surface area contributed by atoms with E-state index in [2.05, 4.69) is 0 Å². The second kappa shape index (κ2) is 6.00. The molecule has 0 spiro atoms. The number of nitro benzene ring substituents is 1. The lowest BCUT2D eigenvalue weighted by Crippen LogP contribution is -2.05. The lowest BCUT2D eigenvalue weighted by Gasteiger charge is -2.03. The fraction of sp³-hybridized carbons (Fsp3) is 0.143. The third kappa shape index (κ3) is 3.33. The van der Waals surface area contributed by atoms with E-state index >= 15 is 0 Å². The van der Waals surface area contributed by atoms with E-state index in [1.54, 1.807) is 6.92 Å². The van der Waals surface area contributed by atoms with Crippen LogP contribution in [0.25, 0.3) is 0 Å². The molecule has 7 heteroatoms. The summed E-state index contributed by atoms with van der Waals surface area (Å²) in [6.07, 6.45) is 0.500. The molecule has 0 aliphatic heterocycles. The number of benzene rings is 1. The third-order valence-electron chi connectivity index (χ3n) is 2.79. The van der Waals surface area contributed by atoms with Gasteiger partial charge in [-0.1, -0.05) is 0 Å². The van der Waals surface area contributed by atoms with E-state index < -0.39 is 10.9 Å². The molecule has 0 atom stereocenters. The molecule has 2 rings (SSSR count). The summed E-state index contributed by atoms with van der Waals surface area (Å²) in [4.78, 5) is 32.4. The molecule has 0 unspecified atom stereocenters. The molecule has 21 heavy (non-hydrogen) atoms. The molecule has 0 saturated carbocycles. The average Bonchev–Trinajstić information content (AvgIpc) is 2.86. The summed E-state index contributed by atoms with van der Waals surface area (Å²) in [7, 11) is 0. The maximum Gasteiger partial charge on any atom is 0.342 e. The number of non-ortho nitro benzene ring substituents is 1. The second-order valence-electron chi connectivity index (χ2n) is 4.24. The first-order valence-corrected chi connectivity index (χ1v) is 5.97. The largest absolute Gasteiger partial charge is 0.458 e. The summed E-state index contributed by atoms with van der Waals surface area (Å²) < 4.78 is 10.1. The van der Waals surface area contributed by atoms with Crippen molar-refractivity contribution < 1.29 is 23.7 Å². The highest BCUT2D eigenvalue weighted by Crippen LogP contribution is 2.16. The Morgan fingerprint density at radius 3 is 2.57 bits per heavy atom. The van der Waals surface area contributed by atoms with E-state index in [1.165, 1.54) is 30.3 Å². The van der Waals surface area contributed by atoms with Crippen LogP contribution in [0.4, 0.5) is 5.69 Å². The highest BCUT2D eigenvalue weighted by Gasteiger charge is 2.16. The molecule has 108 valence electrons. The summed E-state index contributed by atoms with van der Waals surface area (Å²) >= 11 is 0. The van der Waals surface area contributed by atoms with Crippen LogP contribution in [0.2, 0.25) is 0 Å². The Morgan fingerprint density at radius 1 is 1.38 bits per heavy atom. The number of hydrogen-bond donors (Lipinski definition) is 0. The van der Waals surface area contributed by atoms with Crippen molar-refractivity contribution in [2.75, 3.05) is 0 Å². The van der Waals surface area contributed by atoms with Crippen molar-refractivity contribution in [2.24, 2.45) is 0 Å². The van der Waals surface area contributed by atoms with Gasteiger partial charge in [0.15, 0.2) is 12.0 Å². The van der Waals surface area contributed by atoms with Gasteiger partial charge >= 0.3 is 5.97 Å². The van der Waals surface area contributed by atoms with E-state index in [0.29, 0.717) is 17.6 Å². The SMILES string of the molecule is Cc1oc(C=O)cc1C(=O)OCc1ccc([N+](=O)[O-])cc1. The van der Waals surface area contributed by atoms with Gasteiger partial charge in [0, 0.05) is 18.2 Å². The number of esters is 1. The monoisotopic (exact) mass is 289 g/mol. The van der Waals surface area contributed by atoms with Gasteiger partial charge < -0.3 is 9.15 Å². The molecule has 0 aliphatic rings. The van der Waals surface area contributed by atoms with Crippen LogP contribution in [0.1, 0.15) is 32.2 Å². The summed E-state index contributed by atoms with van der Waals surface area (Å²) in [5.41, 5.74) is 0.760. The first kappa shape index (κ1) is 14.4. The summed E-state index contributed by atoms with van der Waals surface area (Å²) in [5, 5.41) is 10.5. The highest BCUT2D eigenvalue weighted by molar-refractivity contribution is 5.92. The molecule has 0 N–H and O–H groups in total. The van der Waals surface area contributed by atoms with Crippen molar-refractivity contribution in [3.05, 3.63) is 63.1 Å². The number of carbonyl (C=O) groups is 2. The number of hydrogen-bond acceptors (Lipinski definition) is 6. The summed E-state index contributed by atoms with van der Waals surface area (Å²) in [6, 6.07) is 6.98. The van der Waals surface area contributed by atoms with E-state index in [0.717, 1.165) is 0 Å². The molecule has 0 radical (unpaired) electrons. The van der Waals surface area contributed by atoms with Gasteiger partial charge in [-0.15, -0.1) is 0 Å². The number of carbonyl (C=O) groups excluding carboxylic acids is 2. The van der Waals surface area contributed by atoms with Crippen LogP contribution in [0, 0.1) is 17.0 Å². The molecular formula is C14H11NO6. The van der Waals surface area contributed by atoms with Crippen LogP contribution in [0.15, 0.2) is 34.7 Å². The molecule has 0 bridgehead atoms. The zero-order valence-corrected chi connectivity index (χ0v) is 11.1. The molecule has 2 aromatic rings. The summed E-state index contributed by atoms with van der Waals surface area (Å²) in [5.74, 6) is -0.275. The number of ether oxygens (including phenoxy) is 1. The molecule has 0 fully saturated rings. The van der Waals surface area contributed by atoms with Crippen molar-refractivity contribution in [1.29, 1.82) is 0 Å². The minimum Gasteiger partial charge on any atom is -0.458 e. The third-order valence-corrected chi connectivity index (χ3v) is 2.79. The molecule has 1 aromatic heterocycles. The zero-order valence-electron chi connectivity index (χ0n) is 11.1. The minimum atomic E-state index is -0.622. The summed E-state index contributed by atoms with van der Waals surface area (Å²) in [6.45, 7) is 1.52. The lowest BCUT2D eigenvalue weighted by atomic mass is 10.2. The topological polar surface area (TPSA) is 99.7 Å². The van der Waals surface area contributed by atoms with Gasteiger partial charge in [-0.3, -0.25) is 14.9 Å². The molecule has 1 aromatic carbocycles. The van der Waals surface area contributed by atoms with Gasteiger partial charge in [-0.05, 0) is 24.6 Å². The lowest BCUT2D eigenvalue weighted by molar-refractivity contribution is -0.384. The molecule has 0 aliphatic carbocycles. The molecular weight excluding hydrogens is 278 g/mol. The highest BCUT2D eigenvalue weighted by atomic mass is 16.6. The Kier molecular flexibility index (Phi) is 4.13. The first-order chi connectivity index (χ1) is 10.0. The smallest absolute Gasteiger partial charge is 0.342 e. The van der Waals surface area contributed by atoms with Gasteiger partial charge in [0.25, 0.3) is 5.69 Å². The van der Waals surface area contributed by atoms with Crippen molar-refractivity contribution in [3.63, 3.8) is 0 Å². The van der Waals surface area contributed by atoms with Crippen LogP contribution in [0.3, 0.4) is 0 Å². The fourth-order valence-electron chi connectivity index (χ4n) is 1.71. The predicted molar refractivity (Wildman–Crippen MR) is 71.0 cm³/mol. The number of nitrogens with zero attached hydrogens (tertiary/aromatic N) is 1. The second-order valence-corrected chi connectivity index (χ2v) is 4.24. The fourth-order valence-corrected chi connectivity index (χ4v) is 1.71. The van der Waals surface area contributed by atoms with Gasteiger partial charge in [0.2, 0.25) is 0 Å². The number of furan rings is 1. The van der Waals surface area contributed by atoms with Crippen molar-refractivity contribution in [2.45, 2.75) is 13.5 Å². The Bertz CT molecular complexity index is 686. The Labute approximate surface area is 119 Å².